The monoisotopic (exact) mass is 359 g/mol. The maximum Gasteiger partial charge on any atom is 0.252 e. The van der Waals surface area contributed by atoms with Crippen LogP contribution in [0.4, 0.5) is 10.1 Å². The minimum Gasteiger partial charge on any atom is -0.323 e. The van der Waals surface area contributed by atoms with Crippen LogP contribution in [0.1, 0.15) is 12.5 Å². The van der Waals surface area contributed by atoms with Crippen molar-refractivity contribution in [2.75, 3.05) is 11.6 Å². The van der Waals surface area contributed by atoms with Crippen LogP contribution in [0.15, 0.2) is 58.5 Å². The molecule has 2 N–H and O–H groups in total. The number of carbonyl (C=O) groups is 2. The molecule has 0 aliphatic carbocycles. The number of thioether (sulfide) groups is 1. The third kappa shape index (κ3) is 5.42. The van der Waals surface area contributed by atoms with Gasteiger partial charge >= 0.3 is 0 Å². The summed E-state index contributed by atoms with van der Waals surface area (Å²) in [6.45, 7) is 1.42. The average Bonchev–Trinajstić information content (AvgIpc) is 2.63. The lowest BCUT2D eigenvalue weighted by atomic mass is 10.1. The van der Waals surface area contributed by atoms with Gasteiger partial charge in [0.25, 0.3) is 5.91 Å². The number of hydrogen-bond acceptors (Lipinski definition) is 4. The quantitative estimate of drug-likeness (QED) is 0.360. The zero-order valence-electron chi connectivity index (χ0n) is 13.8. The van der Waals surface area contributed by atoms with E-state index in [9.17, 15) is 14.0 Å². The minimum absolute atomic E-state index is 0.0320. The lowest BCUT2D eigenvalue weighted by molar-refractivity contribution is -0.131. The maximum atomic E-state index is 13.5. The van der Waals surface area contributed by atoms with Crippen LogP contribution in [-0.4, -0.2) is 24.3 Å². The molecule has 0 bridgehead atoms. The van der Waals surface area contributed by atoms with Crippen molar-refractivity contribution >= 4 is 35.5 Å². The summed E-state index contributed by atoms with van der Waals surface area (Å²) in [6, 6.07) is 13.4. The summed E-state index contributed by atoms with van der Waals surface area (Å²) in [5.74, 6) is -2.77. The fourth-order valence-corrected chi connectivity index (χ4v) is 2.29. The van der Waals surface area contributed by atoms with Gasteiger partial charge in [-0.2, -0.15) is 5.10 Å². The number of rotatable bonds is 6. The molecule has 2 aromatic rings. The molecule has 7 heteroatoms. The van der Waals surface area contributed by atoms with Crippen LogP contribution in [0.5, 0.6) is 0 Å². The highest BCUT2D eigenvalue weighted by molar-refractivity contribution is 7.98. The Hall–Kier alpha value is -2.67. The van der Waals surface area contributed by atoms with Gasteiger partial charge in [-0.1, -0.05) is 24.3 Å². The van der Waals surface area contributed by atoms with Gasteiger partial charge in [0.2, 0.25) is 5.91 Å². The summed E-state index contributed by atoms with van der Waals surface area (Å²) in [5.41, 5.74) is 3.16. The van der Waals surface area contributed by atoms with Gasteiger partial charge in [-0.15, -0.1) is 11.8 Å². The molecule has 2 amide bonds. The number of amides is 2. The van der Waals surface area contributed by atoms with E-state index < -0.39 is 23.5 Å². The van der Waals surface area contributed by atoms with Crippen molar-refractivity contribution in [3.05, 3.63) is 59.9 Å². The normalized spacial score (nSPS) is 12.0. The molecule has 0 saturated carbocycles. The van der Waals surface area contributed by atoms with Gasteiger partial charge in [-0.05, 0) is 43.0 Å². The van der Waals surface area contributed by atoms with Crippen LogP contribution in [0.3, 0.4) is 0 Å². The van der Waals surface area contributed by atoms with E-state index in [1.165, 1.54) is 31.3 Å². The average molecular weight is 359 g/mol. The van der Waals surface area contributed by atoms with Crippen LogP contribution in [0.2, 0.25) is 0 Å². The van der Waals surface area contributed by atoms with Crippen molar-refractivity contribution < 1.29 is 14.0 Å². The Kier molecular flexibility index (Phi) is 6.71. The molecule has 25 heavy (non-hydrogen) atoms. The first-order chi connectivity index (χ1) is 12.0. The van der Waals surface area contributed by atoms with E-state index in [-0.39, 0.29) is 5.69 Å². The zero-order valence-corrected chi connectivity index (χ0v) is 14.6. The Labute approximate surface area is 149 Å². The third-order valence-electron chi connectivity index (χ3n) is 3.42. The lowest BCUT2D eigenvalue weighted by Gasteiger charge is -2.11. The SMILES string of the molecule is CSc1ccc(C=NNC(=O)C(C)C(=O)Nc2ccccc2F)cc1. The Bertz CT molecular complexity index is 778. The molecule has 2 aromatic carbocycles. The number of anilines is 1. The highest BCUT2D eigenvalue weighted by Gasteiger charge is 2.21. The highest BCUT2D eigenvalue weighted by atomic mass is 32.2. The van der Waals surface area contributed by atoms with Gasteiger partial charge < -0.3 is 5.32 Å². The summed E-state index contributed by atoms with van der Waals surface area (Å²) in [6.07, 6.45) is 3.47. The van der Waals surface area contributed by atoms with Gasteiger partial charge in [0.05, 0.1) is 11.9 Å². The van der Waals surface area contributed by atoms with E-state index in [4.69, 9.17) is 0 Å². The van der Waals surface area contributed by atoms with Gasteiger partial charge in [-0.25, -0.2) is 9.82 Å². The Morgan fingerprint density at radius 1 is 1.12 bits per heavy atom. The van der Waals surface area contributed by atoms with E-state index in [1.54, 1.807) is 17.8 Å². The summed E-state index contributed by atoms with van der Waals surface area (Å²) in [5, 5.41) is 6.22. The van der Waals surface area contributed by atoms with Crippen molar-refractivity contribution in [3.63, 3.8) is 0 Å². The van der Waals surface area contributed by atoms with Gasteiger partial charge in [0.15, 0.2) is 0 Å². The Morgan fingerprint density at radius 3 is 2.44 bits per heavy atom. The number of benzene rings is 2. The molecule has 2 rings (SSSR count). The van der Waals surface area contributed by atoms with Crippen LogP contribution in [0, 0.1) is 11.7 Å². The molecule has 1 atom stereocenters. The number of nitrogens with zero attached hydrogens (tertiary/aromatic N) is 1. The smallest absolute Gasteiger partial charge is 0.252 e. The first-order valence-electron chi connectivity index (χ1n) is 7.53. The van der Waals surface area contributed by atoms with E-state index in [1.807, 2.05) is 30.5 Å². The van der Waals surface area contributed by atoms with Gasteiger partial charge in [0.1, 0.15) is 11.7 Å². The summed E-state index contributed by atoms with van der Waals surface area (Å²) in [7, 11) is 0. The predicted molar refractivity (Wildman–Crippen MR) is 98.2 cm³/mol. The molecule has 0 fully saturated rings. The van der Waals surface area contributed by atoms with Crippen LogP contribution >= 0.6 is 11.8 Å². The summed E-state index contributed by atoms with van der Waals surface area (Å²) < 4.78 is 13.5. The van der Waals surface area contributed by atoms with Crippen molar-refractivity contribution in [3.8, 4) is 0 Å². The first-order valence-corrected chi connectivity index (χ1v) is 8.76. The van der Waals surface area contributed by atoms with Crippen molar-refractivity contribution in [1.29, 1.82) is 0 Å². The molecular weight excluding hydrogens is 341 g/mol. The fourth-order valence-electron chi connectivity index (χ4n) is 1.88. The highest BCUT2D eigenvalue weighted by Crippen LogP contribution is 2.14. The molecule has 5 nitrogen and oxygen atoms in total. The van der Waals surface area contributed by atoms with Crippen LogP contribution < -0.4 is 10.7 Å². The molecule has 130 valence electrons. The predicted octanol–water partition coefficient (Wildman–Crippen LogP) is 3.27. The molecule has 0 heterocycles. The Balaban J connectivity index is 1.89. The molecule has 0 radical (unpaired) electrons. The van der Waals surface area contributed by atoms with Crippen molar-refractivity contribution in [2.24, 2.45) is 11.0 Å². The second-order valence-corrected chi connectivity index (χ2v) is 6.08. The van der Waals surface area contributed by atoms with Crippen LogP contribution in [-0.2, 0) is 9.59 Å². The number of carbonyl (C=O) groups excluding carboxylic acids is 2. The first kappa shape index (κ1) is 18.7. The van der Waals surface area contributed by atoms with E-state index >= 15 is 0 Å². The number of halogens is 1. The van der Waals surface area contributed by atoms with Crippen molar-refractivity contribution in [2.45, 2.75) is 11.8 Å². The van der Waals surface area contributed by atoms with Gasteiger partial charge in [0, 0.05) is 4.90 Å². The topological polar surface area (TPSA) is 70.6 Å². The van der Waals surface area contributed by atoms with Gasteiger partial charge in [-0.3, -0.25) is 9.59 Å². The molecule has 0 saturated heterocycles. The molecule has 0 aliphatic rings. The number of hydrazone groups is 1. The molecule has 0 spiro atoms. The minimum atomic E-state index is -1.02. The molecular formula is C18H18FN3O2S. The summed E-state index contributed by atoms with van der Waals surface area (Å²) in [4.78, 5) is 25.1. The number of nitrogens with one attached hydrogen (secondary N) is 2. The van der Waals surface area contributed by atoms with E-state index in [0.29, 0.717) is 0 Å². The summed E-state index contributed by atoms with van der Waals surface area (Å²) >= 11 is 1.63. The fraction of sp³-hybridized carbons (Fsp3) is 0.167. The van der Waals surface area contributed by atoms with Crippen molar-refractivity contribution in [1.82, 2.24) is 5.43 Å². The Morgan fingerprint density at radius 2 is 1.80 bits per heavy atom. The molecule has 1 unspecified atom stereocenters. The number of hydrogen-bond donors (Lipinski definition) is 2. The maximum absolute atomic E-state index is 13.5. The molecule has 0 aromatic heterocycles. The third-order valence-corrected chi connectivity index (χ3v) is 4.17. The van der Waals surface area contributed by atoms with E-state index in [2.05, 4.69) is 15.8 Å². The lowest BCUT2D eigenvalue weighted by Crippen LogP contribution is -2.34. The van der Waals surface area contributed by atoms with E-state index in [0.717, 1.165) is 10.5 Å². The largest absolute Gasteiger partial charge is 0.323 e. The molecule has 0 aliphatic heterocycles. The second kappa shape index (κ2) is 8.98. The van der Waals surface area contributed by atoms with Crippen LogP contribution in [0.25, 0.3) is 0 Å². The number of para-hydroxylation sites is 1. The zero-order chi connectivity index (χ0) is 18.2. The standard InChI is InChI=1S/C18H18FN3O2S/c1-12(17(23)21-16-6-4-3-5-15(16)19)18(24)22-20-11-13-7-9-14(25-2)10-8-13/h3-12H,1-2H3,(H,21,23)(H,22,24). The second-order valence-electron chi connectivity index (χ2n) is 5.20.